The fraction of sp³-hybridized carbons (Fsp3) is 0.500. The maximum Gasteiger partial charge on any atom is 0.230 e. The van der Waals surface area contributed by atoms with E-state index >= 15 is 0 Å². The summed E-state index contributed by atoms with van der Waals surface area (Å²) < 4.78 is 12.4. The second-order valence-electron chi connectivity index (χ2n) is 4.95. The SMILES string of the molecule is COCCn1cc(Nc2nc(C)cc(OC(C)C)n2)cn1. The van der Waals surface area contributed by atoms with Crippen LogP contribution in [0.3, 0.4) is 0 Å². The van der Waals surface area contributed by atoms with E-state index in [0.717, 1.165) is 11.4 Å². The van der Waals surface area contributed by atoms with Crippen LogP contribution in [0.2, 0.25) is 0 Å². The van der Waals surface area contributed by atoms with E-state index in [1.807, 2.05) is 33.0 Å². The molecule has 0 atom stereocenters. The molecule has 1 N–H and O–H groups in total. The summed E-state index contributed by atoms with van der Waals surface area (Å²) in [6, 6.07) is 1.81. The van der Waals surface area contributed by atoms with Crippen LogP contribution >= 0.6 is 0 Å². The largest absolute Gasteiger partial charge is 0.475 e. The average molecular weight is 291 g/mol. The molecule has 0 saturated carbocycles. The van der Waals surface area contributed by atoms with Gasteiger partial charge in [0.25, 0.3) is 0 Å². The lowest BCUT2D eigenvalue weighted by molar-refractivity contribution is 0.183. The van der Waals surface area contributed by atoms with Crippen molar-refractivity contribution in [1.29, 1.82) is 0 Å². The second kappa shape index (κ2) is 7.03. The fourth-order valence-electron chi connectivity index (χ4n) is 1.76. The van der Waals surface area contributed by atoms with E-state index in [9.17, 15) is 0 Å². The number of hydrogen-bond acceptors (Lipinski definition) is 6. The smallest absolute Gasteiger partial charge is 0.230 e. The van der Waals surface area contributed by atoms with E-state index in [1.54, 1.807) is 18.0 Å². The first-order valence-corrected chi connectivity index (χ1v) is 6.87. The van der Waals surface area contributed by atoms with Crippen molar-refractivity contribution in [3.8, 4) is 5.88 Å². The van der Waals surface area contributed by atoms with Crippen LogP contribution in [0.15, 0.2) is 18.5 Å². The minimum Gasteiger partial charge on any atom is -0.475 e. The van der Waals surface area contributed by atoms with Crippen molar-refractivity contribution in [2.75, 3.05) is 19.0 Å². The van der Waals surface area contributed by atoms with Gasteiger partial charge >= 0.3 is 0 Å². The molecule has 0 aliphatic heterocycles. The Morgan fingerprint density at radius 1 is 1.33 bits per heavy atom. The zero-order valence-electron chi connectivity index (χ0n) is 12.8. The van der Waals surface area contributed by atoms with Crippen LogP contribution in [0.1, 0.15) is 19.5 Å². The summed E-state index contributed by atoms with van der Waals surface area (Å²) in [5.74, 6) is 1.06. The van der Waals surface area contributed by atoms with E-state index in [4.69, 9.17) is 9.47 Å². The molecule has 21 heavy (non-hydrogen) atoms. The van der Waals surface area contributed by atoms with Gasteiger partial charge in [0.05, 0.1) is 31.1 Å². The number of hydrogen-bond donors (Lipinski definition) is 1. The topological polar surface area (TPSA) is 74.1 Å². The monoisotopic (exact) mass is 291 g/mol. The summed E-state index contributed by atoms with van der Waals surface area (Å²) in [4.78, 5) is 8.68. The molecule has 0 aliphatic rings. The second-order valence-corrected chi connectivity index (χ2v) is 4.95. The summed E-state index contributed by atoms with van der Waals surface area (Å²) in [7, 11) is 1.67. The van der Waals surface area contributed by atoms with E-state index < -0.39 is 0 Å². The molecule has 2 heterocycles. The molecule has 2 rings (SSSR count). The number of nitrogens with zero attached hydrogens (tertiary/aromatic N) is 4. The minimum atomic E-state index is 0.0731. The molecule has 2 aromatic rings. The Kier molecular flexibility index (Phi) is 5.10. The van der Waals surface area contributed by atoms with Crippen molar-refractivity contribution in [2.45, 2.75) is 33.4 Å². The number of rotatable bonds is 7. The molecule has 0 unspecified atom stereocenters. The Morgan fingerprint density at radius 3 is 2.86 bits per heavy atom. The van der Waals surface area contributed by atoms with E-state index in [-0.39, 0.29) is 6.10 Å². The lowest BCUT2D eigenvalue weighted by atomic mass is 10.4. The summed E-state index contributed by atoms with van der Waals surface area (Å²) >= 11 is 0. The summed E-state index contributed by atoms with van der Waals surface area (Å²) in [5.41, 5.74) is 1.67. The Hall–Kier alpha value is -2.15. The molecule has 0 radical (unpaired) electrons. The molecule has 0 bridgehead atoms. The summed E-state index contributed by atoms with van der Waals surface area (Å²) in [6.07, 6.45) is 3.68. The summed E-state index contributed by atoms with van der Waals surface area (Å²) in [5, 5.41) is 7.36. The van der Waals surface area contributed by atoms with Crippen molar-refractivity contribution in [3.05, 3.63) is 24.2 Å². The Morgan fingerprint density at radius 2 is 2.14 bits per heavy atom. The third kappa shape index (κ3) is 4.71. The first kappa shape index (κ1) is 15.2. The van der Waals surface area contributed by atoms with Gasteiger partial charge in [-0.25, -0.2) is 4.98 Å². The molecular formula is C14H21N5O2. The molecule has 0 spiro atoms. The predicted molar refractivity (Wildman–Crippen MR) is 79.9 cm³/mol. The van der Waals surface area contributed by atoms with Crippen LogP contribution in [0, 0.1) is 6.92 Å². The van der Waals surface area contributed by atoms with Gasteiger partial charge in [0.15, 0.2) is 0 Å². The van der Waals surface area contributed by atoms with Crippen molar-refractivity contribution in [3.63, 3.8) is 0 Å². The Bertz CT molecular complexity index is 582. The highest BCUT2D eigenvalue weighted by Crippen LogP contribution is 2.17. The highest BCUT2D eigenvalue weighted by atomic mass is 16.5. The lowest BCUT2D eigenvalue weighted by Gasteiger charge is -2.10. The van der Waals surface area contributed by atoms with Gasteiger partial charge in [-0.3, -0.25) is 4.68 Å². The first-order chi connectivity index (χ1) is 10.1. The van der Waals surface area contributed by atoms with Crippen LogP contribution in [-0.4, -0.2) is 39.6 Å². The van der Waals surface area contributed by atoms with E-state index in [2.05, 4.69) is 20.4 Å². The average Bonchev–Trinajstić information content (AvgIpc) is 2.82. The van der Waals surface area contributed by atoms with Gasteiger partial charge in [0, 0.05) is 25.1 Å². The van der Waals surface area contributed by atoms with Crippen LogP contribution in [-0.2, 0) is 11.3 Å². The van der Waals surface area contributed by atoms with Gasteiger partial charge in [0.2, 0.25) is 11.8 Å². The van der Waals surface area contributed by atoms with Crippen LogP contribution in [0.4, 0.5) is 11.6 Å². The van der Waals surface area contributed by atoms with Gasteiger partial charge < -0.3 is 14.8 Å². The van der Waals surface area contributed by atoms with Gasteiger partial charge in [0.1, 0.15) is 0 Å². The van der Waals surface area contributed by atoms with Crippen LogP contribution in [0.25, 0.3) is 0 Å². The number of ether oxygens (including phenoxy) is 2. The van der Waals surface area contributed by atoms with Crippen molar-refractivity contribution < 1.29 is 9.47 Å². The third-order valence-electron chi connectivity index (χ3n) is 2.60. The van der Waals surface area contributed by atoms with Crippen LogP contribution < -0.4 is 10.1 Å². The first-order valence-electron chi connectivity index (χ1n) is 6.87. The van der Waals surface area contributed by atoms with Crippen molar-refractivity contribution in [1.82, 2.24) is 19.7 Å². The predicted octanol–water partition coefficient (Wildman–Crippen LogP) is 2.16. The molecule has 2 aromatic heterocycles. The third-order valence-corrected chi connectivity index (χ3v) is 2.60. The van der Waals surface area contributed by atoms with E-state index in [0.29, 0.717) is 25.0 Å². The molecule has 0 saturated heterocycles. The van der Waals surface area contributed by atoms with Gasteiger partial charge in [-0.15, -0.1) is 0 Å². The maximum atomic E-state index is 5.60. The molecule has 0 amide bonds. The normalized spacial score (nSPS) is 10.9. The minimum absolute atomic E-state index is 0.0731. The van der Waals surface area contributed by atoms with Crippen LogP contribution in [0.5, 0.6) is 5.88 Å². The van der Waals surface area contributed by atoms with Gasteiger partial charge in [-0.2, -0.15) is 10.1 Å². The molecule has 0 aliphatic carbocycles. The standard InChI is InChI=1S/C14H21N5O2/c1-10(2)21-13-7-11(3)16-14(18-13)17-12-8-15-19(9-12)5-6-20-4/h7-10H,5-6H2,1-4H3,(H,16,17,18). The fourth-order valence-corrected chi connectivity index (χ4v) is 1.76. The molecule has 7 nitrogen and oxygen atoms in total. The molecule has 0 aromatic carbocycles. The highest BCUT2D eigenvalue weighted by Gasteiger charge is 2.06. The molecule has 7 heteroatoms. The Labute approximate surface area is 124 Å². The summed E-state index contributed by atoms with van der Waals surface area (Å²) in [6.45, 7) is 7.15. The number of aryl methyl sites for hydroxylation is 1. The highest BCUT2D eigenvalue weighted by molar-refractivity contribution is 5.51. The quantitative estimate of drug-likeness (QED) is 0.842. The number of aromatic nitrogens is 4. The number of methoxy groups -OCH3 is 1. The van der Waals surface area contributed by atoms with Crippen molar-refractivity contribution >= 4 is 11.6 Å². The van der Waals surface area contributed by atoms with Crippen molar-refractivity contribution in [2.24, 2.45) is 0 Å². The lowest BCUT2D eigenvalue weighted by Crippen LogP contribution is -2.09. The zero-order valence-corrected chi connectivity index (χ0v) is 12.8. The number of anilines is 2. The van der Waals surface area contributed by atoms with Gasteiger partial charge in [-0.1, -0.05) is 0 Å². The van der Waals surface area contributed by atoms with Gasteiger partial charge in [-0.05, 0) is 20.8 Å². The maximum absolute atomic E-state index is 5.60. The molecular weight excluding hydrogens is 270 g/mol. The Balaban J connectivity index is 2.08. The zero-order chi connectivity index (χ0) is 15.2. The van der Waals surface area contributed by atoms with E-state index in [1.165, 1.54) is 0 Å². The molecule has 114 valence electrons. The number of nitrogens with one attached hydrogen (secondary N) is 1. The molecule has 0 fully saturated rings.